The number of aryl methyl sites for hydroxylation is 1. The number of carbonyl (C=O) groups excluding carboxylic acids is 3. The van der Waals surface area contributed by atoms with Crippen LogP contribution in [0.1, 0.15) is 42.3 Å². The third kappa shape index (κ3) is 4.99. The van der Waals surface area contributed by atoms with Crippen molar-refractivity contribution < 1.29 is 37.0 Å². The normalized spacial score (nSPS) is 11.3. The van der Waals surface area contributed by atoms with Gasteiger partial charge in [-0.2, -0.15) is 18.3 Å². The van der Waals surface area contributed by atoms with Crippen molar-refractivity contribution in [3.8, 4) is 11.3 Å². The van der Waals surface area contributed by atoms with Crippen molar-refractivity contribution >= 4 is 29.2 Å². The number of ether oxygens (including phenoxy) is 2. The number of halogens is 3. The summed E-state index contributed by atoms with van der Waals surface area (Å²) in [5.41, 5.74) is -0.679. The van der Waals surface area contributed by atoms with Crippen LogP contribution in [-0.4, -0.2) is 46.7 Å². The van der Waals surface area contributed by atoms with E-state index >= 15 is 0 Å². The number of alkyl halides is 3. The number of anilines is 1. The molecule has 0 saturated heterocycles. The van der Waals surface area contributed by atoms with Gasteiger partial charge in [0, 0.05) is 5.56 Å². The van der Waals surface area contributed by atoms with Crippen molar-refractivity contribution in [2.75, 3.05) is 19.5 Å². The van der Waals surface area contributed by atoms with Crippen LogP contribution in [0, 0.1) is 6.92 Å². The Labute approximate surface area is 207 Å². The topological polar surface area (TPSA) is 112 Å². The van der Waals surface area contributed by atoms with E-state index < -0.39 is 29.7 Å². The number of carbonyl (C=O) groups is 3. The Balaban J connectivity index is 1.83. The fraction of sp³-hybridized carbons (Fsp3) is 0.160. The van der Waals surface area contributed by atoms with Crippen LogP contribution >= 0.6 is 0 Å². The second kappa shape index (κ2) is 9.72. The molecule has 2 heterocycles. The molecule has 37 heavy (non-hydrogen) atoms. The summed E-state index contributed by atoms with van der Waals surface area (Å²) in [6.07, 6.45) is -3.86. The molecule has 0 aliphatic heterocycles. The van der Waals surface area contributed by atoms with Crippen LogP contribution in [0.25, 0.3) is 16.9 Å². The van der Waals surface area contributed by atoms with Crippen molar-refractivity contribution in [1.82, 2.24) is 14.6 Å². The zero-order valence-electron chi connectivity index (χ0n) is 19.7. The zero-order valence-corrected chi connectivity index (χ0v) is 19.7. The average Bonchev–Trinajstić information content (AvgIpc) is 3.31. The molecule has 0 aliphatic carbocycles. The Kier molecular flexibility index (Phi) is 6.66. The van der Waals surface area contributed by atoms with Gasteiger partial charge in [0.15, 0.2) is 11.3 Å². The number of hydrogen-bond acceptors (Lipinski definition) is 7. The van der Waals surface area contributed by atoms with E-state index in [1.54, 1.807) is 24.3 Å². The number of fused-ring (bicyclic) bond motifs is 1. The Bertz CT molecular complexity index is 1530. The molecule has 2 aromatic heterocycles. The second-order valence-electron chi connectivity index (χ2n) is 7.88. The first-order valence-electron chi connectivity index (χ1n) is 10.7. The molecule has 0 bridgehead atoms. The quantitative estimate of drug-likeness (QED) is 0.391. The highest BCUT2D eigenvalue weighted by molar-refractivity contribution is 6.11. The molecule has 1 N–H and O–H groups in total. The maximum atomic E-state index is 13.9. The third-order valence-electron chi connectivity index (χ3n) is 5.45. The number of rotatable bonds is 5. The Morgan fingerprint density at radius 2 is 1.59 bits per heavy atom. The highest BCUT2D eigenvalue weighted by Crippen LogP contribution is 2.33. The summed E-state index contributed by atoms with van der Waals surface area (Å²) in [5.74, 6) is -2.46. The summed E-state index contributed by atoms with van der Waals surface area (Å²) < 4.78 is 51.6. The van der Waals surface area contributed by atoms with Gasteiger partial charge >= 0.3 is 18.1 Å². The second-order valence-corrected chi connectivity index (χ2v) is 7.88. The number of nitrogens with one attached hydrogen (secondary N) is 1. The lowest BCUT2D eigenvalue weighted by atomic mass is 10.1. The largest absolute Gasteiger partial charge is 0.465 e. The van der Waals surface area contributed by atoms with Crippen molar-refractivity contribution in [2.45, 2.75) is 13.1 Å². The molecule has 4 aromatic rings. The summed E-state index contributed by atoms with van der Waals surface area (Å²) in [6.45, 7) is 1.83. The molecule has 0 fully saturated rings. The van der Waals surface area contributed by atoms with E-state index in [2.05, 4.69) is 20.1 Å². The van der Waals surface area contributed by atoms with Gasteiger partial charge in [0.25, 0.3) is 5.91 Å². The summed E-state index contributed by atoms with van der Waals surface area (Å²) in [7, 11) is 2.28. The first-order chi connectivity index (χ1) is 17.5. The smallest absolute Gasteiger partial charge is 0.433 e. The summed E-state index contributed by atoms with van der Waals surface area (Å²) >= 11 is 0. The van der Waals surface area contributed by atoms with Gasteiger partial charge in [-0.3, -0.25) is 4.79 Å². The van der Waals surface area contributed by atoms with Crippen LogP contribution in [0.15, 0.2) is 54.7 Å². The van der Waals surface area contributed by atoms with Gasteiger partial charge in [-0.1, -0.05) is 29.8 Å². The standard InChI is InChI=1S/C25H19F3N4O5/c1-13-4-6-14(7-5-13)18-11-20(25(26,27)28)32-21(30-18)17(12-29-32)22(33)31-19-10-15(23(34)36-2)8-9-16(19)24(35)37-3/h4-12H,1-3H3,(H,31,33). The average molecular weight is 512 g/mol. The molecule has 0 unspecified atom stereocenters. The van der Waals surface area contributed by atoms with Crippen LogP contribution in [0.3, 0.4) is 0 Å². The minimum Gasteiger partial charge on any atom is -0.465 e. The number of amides is 1. The van der Waals surface area contributed by atoms with Gasteiger partial charge in [-0.25, -0.2) is 19.1 Å². The first kappa shape index (κ1) is 25.4. The van der Waals surface area contributed by atoms with Gasteiger partial charge in [-0.05, 0) is 31.2 Å². The van der Waals surface area contributed by atoms with Crippen LogP contribution in [0.5, 0.6) is 0 Å². The van der Waals surface area contributed by atoms with Gasteiger partial charge in [0.2, 0.25) is 0 Å². The monoisotopic (exact) mass is 512 g/mol. The third-order valence-corrected chi connectivity index (χ3v) is 5.45. The summed E-state index contributed by atoms with van der Waals surface area (Å²) in [4.78, 5) is 41.6. The number of nitrogens with zero attached hydrogens (tertiary/aromatic N) is 3. The Morgan fingerprint density at radius 3 is 2.22 bits per heavy atom. The van der Waals surface area contributed by atoms with Crippen LogP contribution in [-0.2, 0) is 15.7 Å². The van der Waals surface area contributed by atoms with Gasteiger partial charge < -0.3 is 14.8 Å². The molecule has 0 aliphatic rings. The zero-order chi connectivity index (χ0) is 26.9. The molecule has 0 atom stereocenters. The fourth-order valence-corrected chi connectivity index (χ4v) is 3.57. The van der Waals surface area contributed by atoms with E-state index in [9.17, 15) is 27.6 Å². The molecule has 190 valence electrons. The molecule has 9 nitrogen and oxygen atoms in total. The molecular weight excluding hydrogens is 493 g/mol. The molecule has 2 aromatic carbocycles. The maximum Gasteiger partial charge on any atom is 0.433 e. The van der Waals surface area contributed by atoms with Crippen molar-refractivity contribution in [1.29, 1.82) is 0 Å². The first-order valence-corrected chi connectivity index (χ1v) is 10.7. The fourth-order valence-electron chi connectivity index (χ4n) is 3.57. The van der Waals surface area contributed by atoms with Gasteiger partial charge in [0.1, 0.15) is 5.56 Å². The van der Waals surface area contributed by atoms with Crippen molar-refractivity contribution in [3.05, 3.63) is 82.7 Å². The molecule has 0 radical (unpaired) electrons. The lowest BCUT2D eigenvalue weighted by Crippen LogP contribution is -2.18. The molecule has 4 rings (SSSR count). The SMILES string of the molecule is COC(=O)c1ccc(C(=O)OC)c(NC(=O)c2cnn3c(C(F)(F)F)cc(-c4ccc(C)cc4)nc23)c1. The molecular formula is C25H19F3N4O5. The van der Waals surface area contributed by atoms with Crippen molar-refractivity contribution in [2.24, 2.45) is 0 Å². The molecule has 12 heteroatoms. The number of aromatic nitrogens is 3. The predicted molar refractivity (Wildman–Crippen MR) is 125 cm³/mol. The number of methoxy groups -OCH3 is 2. The van der Waals surface area contributed by atoms with Gasteiger partial charge in [0.05, 0.1) is 42.9 Å². The minimum absolute atomic E-state index is 0.0164. The Morgan fingerprint density at radius 1 is 0.919 bits per heavy atom. The minimum atomic E-state index is -4.80. The van der Waals surface area contributed by atoms with E-state index in [1.807, 2.05) is 6.92 Å². The highest BCUT2D eigenvalue weighted by Gasteiger charge is 2.36. The lowest BCUT2D eigenvalue weighted by Gasteiger charge is -2.13. The van der Waals surface area contributed by atoms with Crippen LogP contribution < -0.4 is 5.32 Å². The predicted octanol–water partition coefficient (Wildman–Crippen LogP) is 4.55. The number of benzene rings is 2. The highest BCUT2D eigenvalue weighted by atomic mass is 19.4. The lowest BCUT2D eigenvalue weighted by molar-refractivity contribution is -0.142. The van der Waals surface area contributed by atoms with E-state index in [0.717, 1.165) is 32.0 Å². The van der Waals surface area contributed by atoms with Crippen LogP contribution in [0.4, 0.5) is 18.9 Å². The number of esters is 2. The molecule has 0 spiro atoms. The van der Waals surface area contributed by atoms with Crippen LogP contribution in [0.2, 0.25) is 0 Å². The summed E-state index contributed by atoms with van der Waals surface area (Å²) in [5, 5.41) is 6.18. The van der Waals surface area contributed by atoms with E-state index in [4.69, 9.17) is 4.74 Å². The number of hydrogen-bond donors (Lipinski definition) is 1. The van der Waals surface area contributed by atoms with Gasteiger partial charge in [-0.15, -0.1) is 0 Å². The van der Waals surface area contributed by atoms with Crippen molar-refractivity contribution in [3.63, 3.8) is 0 Å². The maximum absolute atomic E-state index is 13.9. The van der Waals surface area contributed by atoms with E-state index in [-0.39, 0.29) is 33.7 Å². The molecule has 1 amide bonds. The van der Waals surface area contributed by atoms with E-state index in [0.29, 0.717) is 10.1 Å². The molecule has 0 saturated carbocycles. The van der Waals surface area contributed by atoms with E-state index in [1.165, 1.54) is 18.2 Å². The summed E-state index contributed by atoms with van der Waals surface area (Å²) in [6, 6.07) is 11.3. The Hall–Kier alpha value is -4.74.